The predicted molar refractivity (Wildman–Crippen MR) is 35.9 cm³/mol. The quantitative estimate of drug-likeness (QED) is 0.678. The molecule has 0 fully saturated rings. The van der Waals surface area contributed by atoms with E-state index in [1.165, 1.54) is 12.3 Å². The van der Waals surface area contributed by atoms with E-state index in [9.17, 15) is 4.79 Å². The normalized spacial score (nSPS) is 12.8. The van der Waals surface area contributed by atoms with Gasteiger partial charge in [-0.3, -0.25) is 4.79 Å². The van der Waals surface area contributed by atoms with Gasteiger partial charge in [0.15, 0.2) is 0 Å². The van der Waals surface area contributed by atoms with E-state index in [1.54, 1.807) is 6.07 Å². The van der Waals surface area contributed by atoms with Gasteiger partial charge in [-0.1, -0.05) is 0 Å². The lowest BCUT2D eigenvalue weighted by Gasteiger charge is -2.01. The Bertz CT molecular complexity index is 227. The van der Waals surface area contributed by atoms with Gasteiger partial charge >= 0.3 is 5.97 Å². The maximum Gasteiger partial charge on any atom is 0.306 e. The topological polar surface area (TPSA) is 70.7 Å². The van der Waals surface area contributed by atoms with Crippen LogP contribution in [-0.4, -0.2) is 16.2 Å². The summed E-state index contributed by atoms with van der Waals surface area (Å²) in [5.41, 5.74) is 0. The Morgan fingerprint density at radius 1 is 1.73 bits per heavy atom. The van der Waals surface area contributed by atoms with E-state index in [0.29, 0.717) is 0 Å². The predicted octanol–water partition coefficient (Wildman–Crippen LogP) is 0.788. The Labute approximate surface area is 63.1 Å². The molecule has 0 amide bonds. The second kappa shape index (κ2) is 3.21. The molecule has 60 valence electrons. The first-order chi connectivity index (χ1) is 5.20. The van der Waals surface area contributed by atoms with Crippen molar-refractivity contribution in [3.05, 3.63) is 24.2 Å². The molecule has 1 rings (SSSR count). The van der Waals surface area contributed by atoms with Crippen LogP contribution in [0.5, 0.6) is 0 Å². The molecule has 0 aliphatic heterocycles. The summed E-state index contributed by atoms with van der Waals surface area (Å²) in [6, 6.07) is 3.13. The van der Waals surface area contributed by atoms with E-state index >= 15 is 0 Å². The van der Waals surface area contributed by atoms with Gasteiger partial charge in [-0.15, -0.1) is 0 Å². The molecule has 0 bridgehead atoms. The molecule has 2 N–H and O–H groups in total. The van der Waals surface area contributed by atoms with E-state index in [2.05, 4.69) is 0 Å². The Morgan fingerprint density at radius 2 is 2.45 bits per heavy atom. The van der Waals surface area contributed by atoms with Crippen LogP contribution in [0, 0.1) is 0 Å². The molecule has 0 saturated heterocycles. The number of carboxylic acids is 1. The fourth-order valence-corrected chi connectivity index (χ4v) is 0.747. The Hall–Kier alpha value is -1.29. The first-order valence-electron chi connectivity index (χ1n) is 3.13. The largest absolute Gasteiger partial charge is 0.481 e. The highest BCUT2D eigenvalue weighted by Gasteiger charge is 2.13. The monoisotopic (exact) mass is 156 g/mol. The van der Waals surface area contributed by atoms with Gasteiger partial charge < -0.3 is 14.6 Å². The standard InChI is InChI=1S/C7H8O4/c8-5(4-7(9)10)6-2-1-3-11-6/h1-3,5,8H,4H2,(H,9,10). The highest BCUT2D eigenvalue weighted by molar-refractivity contribution is 5.67. The van der Waals surface area contributed by atoms with E-state index in [0.717, 1.165) is 0 Å². The number of rotatable bonds is 3. The second-order valence-corrected chi connectivity index (χ2v) is 2.13. The SMILES string of the molecule is O=C(O)CC(O)c1ccco1. The minimum absolute atomic E-state index is 0.285. The molecule has 1 aromatic rings. The van der Waals surface area contributed by atoms with Gasteiger partial charge in [-0.25, -0.2) is 0 Å². The zero-order valence-corrected chi connectivity index (χ0v) is 5.73. The van der Waals surface area contributed by atoms with Crippen molar-refractivity contribution >= 4 is 5.97 Å². The molecular weight excluding hydrogens is 148 g/mol. The van der Waals surface area contributed by atoms with Gasteiger partial charge in [0, 0.05) is 0 Å². The number of hydrogen-bond donors (Lipinski definition) is 2. The molecule has 0 saturated carbocycles. The lowest BCUT2D eigenvalue weighted by Crippen LogP contribution is -2.04. The Kier molecular flexibility index (Phi) is 2.28. The molecule has 11 heavy (non-hydrogen) atoms. The van der Waals surface area contributed by atoms with Gasteiger partial charge in [-0.2, -0.15) is 0 Å². The maximum absolute atomic E-state index is 10.1. The van der Waals surface area contributed by atoms with Crippen molar-refractivity contribution in [3.8, 4) is 0 Å². The number of aliphatic hydroxyl groups is 1. The minimum Gasteiger partial charge on any atom is -0.481 e. The molecule has 0 aromatic carbocycles. The summed E-state index contributed by atoms with van der Waals surface area (Å²) < 4.78 is 4.78. The van der Waals surface area contributed by atoms with Crippen molar-refractivity contribution < 1.29 is 19.4 Å². The molecule has 1 heterocycles. The molecule has 4 nitrogen and oxygen atoms in total. The first kappa shape index (κ1) is 7.81. The van der Waals surface area contributed by atoms with Crippen molar-refractivity contribution in [2.45, 2.75) is 12.5 Å². The van der Waals surface area contributed by atoms with Gasteiger partial charge in [0.1, 0.15) is 11.9 Å². The third-order valence-corrected chi connectivity index (χ3v) is 1.24. The van der Waals surface area contributed by atoms with E-state index in [4.69, 9.17) is 14.6 Å². The summed E-state index contributed by atoms with van der Waals surface area (Å²) in [5, 5.41) is 17.4. The van der Waals surface area contributed by atoms with Crippen LogP contribution in [0.2, 0.25) is 0 Å². The molecule has 1 atom stereocenters. The summed E-state index contributed by atoms with van der Waals surface area (Å²) in [7, 11) is 0. The highest BCUT2D eigenvalue weighted by atomic mass is 16.4. The number of furan rings is 1. The van der Waals surface area contributed by atoms with Crippen LogP contribution >= 0.6 is 0 Å². The fourth-order valence-electron chi connectivity index (χ4n) is 0.747. The van der Waals surface area contributed by atoms with Crippen LogP contribution in [0.3, 0.4) is 0 Å². The van der Waals surface area contributed by atoms with E-state index in [-0.39, 0.29) is 12.2 Å². The number of carbonyl (C=O) groups is 1. The smallest absolute Gasteiger partial charge is 0.306 e. The Balaban J connectivity index is 2.56. The molecule has 0 radical (unpaired) electrons. The summed E-state index contributed by atoms with van der Waals surface area (Å²) in [6.07, 6.45) is 0.0241. The molecule has 1 unspecified atom stereocenters. The summed E-state index contributed by atoms with van der Waals surface area (Å²) >= 11 is 0. The summed E-state index contributed by atoms with van der Waals surface area (Å²) in [4.78, 5) is 10.1. The van der Waals surface area contributed by atoms with Crippen molar-refractivity contribution in [1.82, 2.24) is 0 Å². The van der Waals surface area contributed by atoms with Crippen LogP contribution in [-0.2, 0) is 4.79 Å². The number of aliphatic carboxylic acids is 1. The average Bonchev–Trinajstić information content (AvgIpc) is 2.35. The van der Waals surface area contributed by atoms with Crippen LogP contribution in [0.4, 0.5) is 0 Å². The molecule has 0 spiro atoms. The zero-order chi connectivity index (χ0) is 8.27. The third-order valence-electron chi connectivity index (χ3n) is 1.24. The molecule has 1 aromatic heterocycles. The van der Waals surface area contributed by atoms with Crippen molar-refractivity contribution in [2.75, 3.05) is 0 Å². The van der Waals surface area contributed by atoms with Gasteiger partial charge in [0.2, 0.25) is 0 Å². The van der Waals surface area contributed by atoms with Gasteiger partial charge in [0.25, 0.3) is 0 Å². The molecule has 0 aliphatic carbocycles. The summed E-state index contributed by atoms with van der Waals surface area (Å²) in [5.74, 6) is -0.763. The van der Waals surface area contributed by atoms with Crippen LogP contribution in [0.15, 0.2) is 22.8 Å². The molecule has 4 heteroatoms. The van der Waals surface area contributed by atoms with Crippen LogP contribution in [0.1, 0.15) is 18.3 Å². The number of carboxylic acid groups (broad SMARTS) is 1. The first-order valence-corrected chi connectivity index (χ1v) is 3.13. The van der Waals surface area contributed by atoms with Crippen LogP contribution in [0.25, 0.3) is 0 Å². The third kappa shape index (κ3) is 2.09. The lowest BCUT2D eigenvalue weighted by atomic mass is 10.2. The minimum atomic E-state index is -1.05. The number of hydrogen-bond acceptors (Lipinski definition) is 3. The molecular formula is C7H8O4. The van der Waals surface area contributed by atoms with Crippen molar-refractivity contribution in [3.63, 3.8) is 0 Å². The molecule has 0 aliphatic rings. The van der Waals surface area contributed by atoms with Crippen molar-refractivity contribution in [2.24, 2.45) is 0 Å². The second-order valence-electron chi connectivity index (χ2n) is 2.13. The average molecular weight is 156 g/mol. The lowest BCUT2D eigenvalue weighted by molar-refractivity contribution is -0.139. The maximum atomic E-state index is 10.1. The highest BCUT2D eigenvalue weighted by Crippen LogP contribution is 2.15. The summed E-state index contributed by atoms with van der Waals surface area (Å²) in [6.45, 7) is 0. The van der Waals surface area contributed by atoms with Crippen molar-refractivity contribution in [1.29, 1.82) is 0 Å². The van der Waals surface area contributed by atoms with Crippen LogP contribution < -0.4 is 0 Å². The zero-order valence-electron chi connectivity index (χ0n) is 5.73. The Morgan fingerprint density at radius 3 is 2.91 bits per heavy atom. The number of aliphatic hydroxyl groups excluding tert-OH is 1. The van der Waals surface area contributed by atoms with Gasteiger partial charge in [0.05, 0.1) is 12.7 Å². The van der Waals surface area contributed by atoms with E-state index in [1.807, 2.05) is 0 Å². The van der Waals surface area contributed by atoms with E-state index < -0.39 is 12.1 Å². The fraction of sp³-hybridized carbons (Fsp3) is 0.286. The van der Waals surface area contributed by atoms with Gasteiger partial charge in [-0.05, 0) is 12.1 Å².